The van der Waals surface area contributed by atoms with Gasteiger partial charge in [0.2, 0.25) is 6.29 Å². The van der Waals surface area contributed by atoms with Gasteiger partial charge in [-0.3, -0.25) is 0 Å². The number of aryl methyl sites for hydroxylation is 2. The van der Waals surface area contributed by atoms with Crippen molar-refractivity contribution in [2.45, 2.75) is 38.4 Å². The summed E-state index contributed by atoms with van der Waals surface area (Å²) in [6.45, 7) is 3.42. The molecule has 1 N–H and O–H groups in total. The van der Waals surface area contributed by atoms with Crippen LogP contribution in [0.3, 0.4) is 0 Å². The second-order valence-corrected chi connectivity index (χ2v) is 8.67. The number of ether oxygens (including phenoxy) is 1. The molecule has 1 aliphatic heterocycles. The molecule has 3 aromatic rings. The lowest BCUT2D eigenvalue weighted by molar-refractivity contribution is -0.191. The molecule has 0 amide bonds. The molecular weight excluding hydrogens is 562 g/mol. The maximum Gasteiger partial charge on any atom is 0.420 e. The van der Waals surface area contributed by atoms with Crippen molar-refractivity contribution in [1.29, 1.82) is 0 Å². The van der Waals surface area contributed by atoms with Crippen molar-refractivity contribution in [3.63, 3.8) is 0 Å². The quantitative estimate of drug-likeness (QED) is 0.280. The highest BCUT2D eigenvalue weighted by Crippen LogP contribution is 2.49. The van der Waals surface area contributed by atoms with Crippen LogP contribution < -0.4 is 4.74 Å². The third-order valence-electron chi connectivity index (χ3n) is 4.51. The molecular formula is C20H14Br2F6O3. The van der Waals surface area contributed by atoms with Gasteiger partial charge in [-0.25, -0.2) is 0 Å². The Labute approximate surface area is 189 Å². The molecule has 31 heavy (non-hydrogen) atoms. The number of fused-ring (bicyclic) bond motifs is 2. The standard InChI is InChI=1S/C10H8BrF3O2.C10H6BrF3O/c1-4-2-5-7(10(12,13)14)9(15)16-8(5)6(11)3-4;1-5-2-6-7(10(12,13)14)4-15-9(6)8(11)3-5/h2-3,7,9,15H,1H3;2-4H,1H3. The van der Waals surface area contributed by atoms with Gasteiger partial charge in [-0.2, -0.15) is 26.3 Å². The minimum atomic E-state index is -4.52. The maximum atomic E-state index is 12.7. The van der Waals surface area contributed by atoms with E-state index in [1.54, 1.807) is 26.0 Å². The highest BCUT2D eigenvalue weighted by Gasteiger charge is 2.52. The van der Waals surface area contributed by atoms with Crippen LogP contribution in [0, 0.1) is 13.8 Å². The van der Waals surface area contributed by atoms with Gasteiger partial charge in [-0.05, 0) is 75.0 Å². The maximum absolute atomic E-state index is 12.7. The van der Waals surface area contributed by atoms with Gasteiger partial charge in [-0.1, -0.05) is 6.07 Å². The van der Waals surface area contributed by atoms with E-state index in [1.807, 2.05) is 0 Å². The van der Waals surface area contributed by atoms with Crippen LogP contribution >= 0.6 is 31.9 Å². The Morgan fingerprint density at radius 3 is 2.06 bits per heavy atom. The zero-order valence-electron chi connectivity index (χ0n) is 15.8. The summed E-state index contributed by atoms with van der Waals surface area (Å²) in [6, 6.07) is 6.21. The Balaban J connectivity index is 0.000000176. The van der Waals surface area contributed by atoms with E-state index in [4.69, 9.17) is 9.15 Å². The number of aliphatic hydroxyl groups is 1. The van der Waals surface area contributed by atoms with Crippen molar-refractivity contribution < 1.29 is 40.6 Å². The number of furan rings is 1. The first kappa shape index (κ1) is 23.9. The Hall–Kier alpha value is -1.72. The van der Waals surface area contributed by atoms with E-state index in [-0.39, 0.29) is 22.3 Å². The van der Waals surface area contributed by atoms with Crippen LogP contribution in [-0.4, -0.2) is 17.6 Å². The van der Waals surface area contributed by atoms with Crippen LogP contribution in [-0.2, 0) is 6.18 Å². The van der Waals surface area contributed by atoms with Gasteiger partial charge in [0.1, 0.15) is 29.1 Å². The van der Waals surface area contributed by atoms with Gasteiger partial charge in [0, 0.05) is 10.9 Å². The first-order valence-corrected chi connectivity index (χ1v) is 10.2. The fraction of sp³-hybridized carbons (Fsp3) is 0.300. The fourth-order valence-corrected chi connectivity index (χ4v) is 4.59. The number of rotatable bonds is 0. The monoisotopic (exact) mass is 574 g/mol. The number of hydrogen-bond acceptors (Lipinski definition) is 3. The summed E-state index contributed by atoms with van der Waals surface area (Å²) in [5, 5.41) is 9.39. The smallest absolute Gasteiger partial charge is 0.420 e. The highest BCUT2D eigenvalue weighted by atomic mass is 79.9. The minimum Gasteiger partial charge on any atom is -0.463 e. The van der Waals surface area contributed by atoms with Gasteiger partial charge in [-0.15, -0.1) is 0 Å². The van der Waals surface area contributed by atoms with Crippen LogP contribution in [0.4, 0.5) is 26.3 Å². The molecule has 0 spiro atoms. The molecule has 168 valence electrons. The zero-order chi connectivity index (χ0) is 23.3. The van der Waals surface area contributed by atoms with E-state index in [0.29, 0.717) is 14.5 Å². The Morgan fingerprint density at radius 2 is 1.48 bits per heavy atom. The summed E-state index contributed by atoms with van der Waals surface area (Å²) in [5.74, 6) is -1.90. The number of aliphatic hydroxyl groups excluding tert-OH is 1. The SMILES string of the molecule is Cc1cc(Br)c2c(c1)C(C(F)(F)F)C(O)O2.Cc1cc(Br)c2occ(C(F)(F)F)c2c1. The molecule has 2 unspecified atom stereocenters. The normalized spacial score (nSPS) is 18.4. The molecule has 0 saturated carbocycles. The van der Waals surface area contributed by atoms with E-state index in [1.165, 1.54) is 12.1 Å². The predicted octanol–water partition coefficient (Wildman–Crippen LogP) is 7.64. The van der Waals surface area contributed by atoms with Gasteiger partial charge in [0.25, 0.3) is 0 Å². The average Bonchev–Trinajstić information content (AvgIpc) is 3.15. The van der Waals surface area contributed by atoms with E-state index in [0.717, 1.165) is 11.8 Å². The molecule has 0 fully saturated rings. The predicted molar refractivity (Wildman–Crippen MR) is 108 cm³/mol. The lowest BCUT2D eigenvalue weighted by Crippen LogP contribution is -2.30. The number of hydrogen-bond donors (Lipinski definition) is 1. The Kier molecular flexibility index (Phi) is 6.43. The summed E-state index contributed by atoms with van der Waals surface area (Å²) in [4.78, 5) is 0. The van der Waals surface area contributed by atoms with Crippen LogP contribution in [0.2, 0.25) is 0 Å². The third kappa shape index (κ3) is 4.88. The summed E-state index contributed by atoms with van der Waals surface area (Å²) in [5.41, 5.74) is 0.903. The lowest BCUT2D eigenvalue weighted by atomic mass is 9.98. The molecule has 0 bridgehead atoms. The molecule has 11 heteroatoms. The molecule has 0 saturated heterocycles. The summed E-state index contributed by atoms with van der Waals surface area (Å²) in [7, 11) is 0. The highest BCUT2D eigenvalue weighted by molar-refractivity contribution is 9.11. The van der Waals surface area contributed by atoms with E-state index in [2.05, 4.69) is 31.9 Å². The summed E-state index contributed by atoms with van der Waals surface area (Å²) in [6.07, 6.45) is -10.0. The van der Waals surface area contributed by atoms with Crippen LogP contribution in [0.25, 0.3) is 11.0 Å². The first-order valence-electron chi connectivity index (χ1n) is 8.66. The van der Waals surface area contributed by atoms with Crippen molar-refractivity contribution in [3.05, 3.63) is 61.7 Å². The molecule has 1 aliphatic rings. The van der Waals surface area contributed by atoms with Crippen LogP contribution in [0.5, 0.6) is 5.75 Å². The largest absolute Gasteiger partial charge is 0.463 e. The van der Waals surface area contributed by atoms with Gasteiger partial charge in [0.15, 0.2) is 0 Å². The topological polar surface area (TPSA) is 42.6 Å². The van der Waals surface area contributed by atoms with Gasteiger partial charge in [0.05, 0.1) is 8.95 Å². The first-order chi connectivity index (χ1) is 14.2. The van der Waals surface area contributed by atoms with Crippen LogP contribution in [0.1, 0.15) is 28.2 Å². The molecule has 0 radical (unpaired) electrons. The van der Waals surface area contributed by atoms with Gasteiger partial charge < -0.3 is 14.3 Å². The van der Waals surface area contributed by atoms with Crippen molar-refractivity contribution >= 4 is 42.8 Å². The molecule has 0 aliphatic carbocycles. The summed E-state index contributed by atoms with van der Waals surface area (Å²) < 4.78 is 86.4. The molecule has 4 rings (SSSR count). The van der Waals surface area contributed by atoms with Crippen LogP contribution in [0.15, 0.2) is 43.9 Å². The molecule has 2 aromatic carbocycles. The Bertz CT molecular complexity index is 1120. The zero-order valence-corrected chi connectivity index (χ0v) is 19.0. The second kappa shape index (κ2) is 8.32. The number of halogens is 8. The molecule has 3 nitrogen and oxygen atoms in total. The average molecular weight is 576 g/mol. The molecule has 2 atom stereocenters. The van der Waals surface area contributed by atoms with Crippen molar-refractivity contribution in [1.82, 2.24) is 0 Å². The van der Waals surface area contributed by atoms with Gasteiger partial charge >= 0.3 is 12.4 Å². The number of benzene rings is 2. The lowest BCUT2D eigenvalue weighted by Gasteiger charge is -2.17. The van der Waals surface area contributed by atoms with E-state index >= 15 is 0 Å². The third-order valence-corrected chi connectivity index (χ3v) is 5.68. The van der Waals surface area contributed by atoms with E-state index in [9.17, 15) is 31.4 Å². The van der Waals surface area contributed by atoms with Crippen molar-refractivity contribution in [3.8, 4) is 5.75 Å². The summed E-state index contributed by atoms with van der Waals surface area (Å²) >= 11 is 6.28. The number of alkyl halides is 6. The van der Waals surface area contributed by atoms with Crippen molar-refractivity contribution in [2.24, 2.45) is 0 Å². The fourth-order valence-electron chi connectivity index (χ4n) is 3.24. The minimum absolute atomic E-state index is 0.0214. The second-order valence-electron chi connectivity index (χ2n) is 6.96. The van der Waals surface area contributed by atoms with E-state index < -0.39 is 30.1 Å². The molecule has 2 heterocycles. The molecule has 1 aromatic heterocycles. The Morgan fingerprint density at radius 1 is 0.903 bits per heavy atom. The van der Waals surface area contributed by atoms with Crippen molar-refractivity contribution in [2.75, 3.05) is 0 Å².